The minimum atomic E-state index is -1.92. The third-order valence-electron chi connectivity index (χ3n) is 12.8. The number of aliphatic carboxylic acids is 1. The Kier molecular flexibility index (Phi) is 47.6. The second kappa shape index (κ2) is 52.1. The predicted octanol–water partition coefficient (Wildman–Crippen LogP) is 15.4. The van der Waals surface area contributed by atoms with Crippen molar-refractivity contribution in [3.8, 4) is 0 Å². The van der Waals surface area contributed by atoms with E-state index >= 15 is 0 Å². The molecule has 0 aromatic carbocycles. The van der Waals surface area contributed by atoms with Crippen molar-refractivity contribution in [2.24, 2.45) is 0 Å². The number of carboxylic acid groups (broad SMARTS) is 1. The molecule has 1 fully saturated rings. The maximum Gasteiger partial charge on any atom is 0.335 e. The number of carboxylic acids is 1. The number of carbonyl (C=O) groups excluding carboxylic acids is 3. The van der Waals surface area contributed by atoms with Crippen LogP contribution in [0.3, 0.4) is 0 Å². The molecule has 0 aliphatic carbocycles. The number of rotatable bonds is 49. The molecule has 12 nitrogen and oxygen atoms in total. The zero-order valence-corrected chi connectivity index (χ0v) is 47.9. The van der Waals surface area contributed by atoms with E-state index in [2.05, 4.69) is 118 Å². The molecule has 77 heavy (non-hydrogen) atoms. The van der Waals surface area contributed by atoms with Crippen molar-refractivity contribution >= 4 is 23.9 Å². The molecule has 0 aromatic rings. The van der Waals surface area contributed by atoms with Gasteiger partial charge in [0.05, 0.1) is 6.61 Å². The van der Waals surface area contributed by atoms with E-state index in [1.54, 1.807) is 0 Å². The molecule has 0 bridgehead atoms. The zero-order chi connectivity index (χ0) is 56.1. The molecule has 0 spiro atoms. The summed E-state index contributed by atoms with van der Waals surface area (Å²) < 4.78 is 28.3. The second-order valence-corrected chi connectivity index (χ2v) is 19.9. The molecule has 0 radical (unpaired) electrons. The fraction of sp³-hybridized carbons (Fsp3) is 0.662. The predicted molar refractivity (Wildman–Crippen MR) is 312 cm³/mol. The van der Waals surface area contributed by atoms with Gasteiger partial charge in [-0.3, -0.25) is 14.4 Å². The van der Waals surface area contributed by atoms with E-state index in [0.717, 1.165) is 89.9 Å². The highest BCUT2D eigenvalue weighted by molar-refractivity contribution is 5.74. The molecular formula is C65H104O12. The SMILES string of the molecule is CC/C=C\C/C=C\C/C=C\C/C=C\CCCCC(=O)OCC(COC1OC(C(=O)O)C(O)C(O)C1OC(=O)CCCCCCCCCCC/C=C\CCCCCCCC)OC(=O)CC/C=C\C/C=C\C/C=C\C/C=C\CC. The van der Waals surface area contributed by atoms with Crippen LogP contribution in [0.5, 0.6) is 0 Å². The number of ether oxygens (including phenoxy) is 5. The third kappa shape index (κ3) is 42.1. The lowest BCUT2D eigenvalue weighted by Gasteiger charge is -2.40. The summed E-state index contributed by atoms with van der Waals surface area (Å²) >= 11 is 0. The Morgan fingerprint density at radius 3 is 1.34 bits per heavy atom. The lowest BCUT2D eigenvalue weighted by atomic mass is 9.98. The minimum absolute atomic E-state index is 0.0274. The highest BCUT2D eigenvalue weighted by Crippen LogP contribution is 2.26. The molecule has 436 valence electrons. The van der Waals surface area contributed by atoms with Gasteiger partial charge in [0, 0.05) is 19.3 Å². The molecule has 6 atom stereocenters. The molecule has 3 N–H and O–H groups in total. The molecular weight excluding hydrogens is 973 g/mol. The summed E-state index contributed by atoms with van der Waals surface area (Å²) in [6, 6.07) is 0. The van der Waals surface area contributed by atoms with Crippen molar-refractivity contribution in [3.63, 3.8) is 0 Å². The van der Waals surface area contributed by atoms with Gasteiger partial charge in [0.25, 0.3) is 0 Å². The first-order valence-electron chi connectivity index (χ1n) is 29.9. The summed E-state index contributed by atoms with van der Waals surface area (Å²) in [5.41, 5.74) is 0. The van der Waals surface area contributed by atoms with Crippen molar-refractivity contribution in [1.82, 2.24) is 0 Å². The van der Waals surface area contributed by atoms with Crippen LogP contribution in [-0.2, 0) is 42.9 Å². The summed E-state index contributed by atoms with van der Waals surface area (Å²) in [4.78, 5) is 51.1. The van der Waals surface area contributed by atoms with Crippen LogP contribution in [0.15, 0.2) is 109 Å². The monoisotopic (exact) mass is 1080 g/mol. The Morgan fingerprint density at radius 2 is 0.844 bits per heavy atom. The van der Waals surface area contributed by atoms with Crippen molar-refractivity contribution in [1.29, 1.82) is 0 Å². The van der Waals surface area contributed by atoms with Gasteiger partial charge in [-0.2, -0.15) is 0 Å². The van der Waals surface area contributed by atoms with E-state index in [0.29, 0.717) is 25.7 Å². The van der Waals surface area contributed by atoms with E-state index < -0.39 is 67.3 Å². The first kappa shape index (κ1) is 70.4. The minimum Gasteiger partial charge on any atom is -0.479 e. The number of esters is 3. The summed E-state index contributed by atoms with van der Waals surface area (Å²) in [7, 11) is 0. The largest absolute Gasteiger partial charge is 0.479 e. The molecule has 1 rings (SSSR count). The van der Waals surface area contributed by atoms with Crippen LogP contribution in [-0.4, -0.2) is 89.2 Å². The Hall–Kier alpha value is -4.62. The van der Waals surface area contributed by atoms with E-state index in [9.17, 15) is 34.5 Å². The van der Waals surface area contributed by atoms with E-state index in [1.807, 2.05) is 12.2 Å². The zero-order valence-electron chi connectivity index (χ0n) is 47.9. The average molecular weight is 1080 g/mol. The van der Waals surface area contributed by atoms with Crippen LogP contribution in [0.25, 0.3) is 0 Å². The normalized spacial score (nSPS) is 18.8. The number of hydrogen-bond acceptors (Lipinski definition) is 11. The molecule has 0 saturated carbocycles. The van der Waals surface area contributed by atoms with Gasteiger partial charge in [0.1, 0.15) is 18.8 Å². The van der Waals surface area contributed by atoms with Gasteiger partial charge in [-0.25, -0.2) is 4.79 Å². The van der Waals surface area contributed by atoms with Crippen LogP contribution < -0.4 is 0 Å². The Bertz CT molecular complexity index is 1750. The van der Waals surface area contributed by atoms with Gasteiger partial charge >= 0.3 is 23.9 Å². The van der Waals surface area contributed by atoms with Crippen LogP contribution in [0.4, 0.5) is 0 Å². The highest BCUT2D eigenvalue weighted by atomic mass is 16.7. The standard InChI is InChI=1S/C65H104O12/c1-4-7-10-13-16-19-22-25-27-28-29-30-32-35-38-41-44-47-50-53-59(68)76-63-61(70)60(69)62(64(71)72)77-65(63)74-55-56(75-58(67)52-49-46-43-40-37-33-24-21-18-15-12-9-6-3)54-73-57(66)51-48-45-42-39-36-34-31-26-23-20-17-14-11-8-5-2/h8-9,11-12,17-18,20-21,25-27,31,33,36-37,39,43,46,56,60-63,65,69-70H,4-7,10,13-16,19,22-24,28-30,32,34-35,38,40-42,44-45,47-55H2,1-3H3,(H,71,72)/b11-8-,12-9-,20-17-,21-18-,27-25-,31-26-,37-33-,39-36-,46-43-. The van der Waals surface area contributed by atoms with Gasteiger partial charge in [0.15, 0.2) is 24.6 Å². The molecule has 1 saturated heterocycles. The summed E-state index contributed by atoms with van der Waals surface area (Å²) in [6.07, 6.45) is 58.0. The molecule has 1 aliphatic heterocycles. The molecule has 12 heteroatoms. The van der Waals surface area contributed by atoms with Gasteiger partial charge in [0.2, 0.25) is 0 Å². The van der Waals surface area contributed by atoms with Gasteiger partial charge < -0.3 is 39.0 Å². The molecule has 0 amide bonds. The summed E-state index contributed by atoms with van der Waals surface area (Å²) in [5, 5.41) is 31.5. The second-order valence-electron chi connectivity index (χ2n) is 19.9. The van der Waals surface area contributed by atoms with Crippen LogP contribution >= 0.6 is 0 Å². The maximum absolute atomic E-state index is 13.1. The first-order chi connectivity index (χ1) is 37.6. The van der Waals surface area contributed by atoms with Crippen LogP contribution in [0.2, 0.25) is 0 Å². The number of allylic oxidation sites excluding steroid dienone is 18. The number of unbranched alkanes of at least 4 members (excludes halogenated alkanes) is 17. The fourth-order valence-electron chi connectivity index (χ4n) is 8.31. The Labute approximate surface area is 465 Å². The molecule has 1 aliphatic rings. The number of aliphatic hydroxyl groups excluding tert-OH is 2. The highest BCUT2D eigenvalue weighted by Gasteiger charge is 2.50. The molecule has 6 unspecified atom stereocenters. The quantitative estimate of drug-likeness (QED) is 0.0228. The Morgan fingerprint density at radius 1 is 0.442 bits per heavy atom. The fourth-order valence-corrected chi connectivity index (χ4v) is 8.31. The molecule has 1 heterocycles. The third-order valence-corrected chi connectivity index (χ3v) is 12.8. The van der Waals surface area contributed by atoms with Crippen molar-refractivity contribution in [3.05, 3.63) is 109 Å². The maximum atomic E-state index is 13.1. The van der Waals surface area contributed by atoms with Gasteiger partial charge in [-0.05, 0) is 109 Å². The summed E-state index contributed by atoms with van der Waals surface area (Å²) in [5.74, 6) is -3.30. The number of aliphatic hydroxyl groups is 2. The Balaban J connectivity index is 2.72. The van der Waals surface area contributed by atoms with Crippen molar-refractivity contribution in [2.75, 3.05) is 13.2 Å². The van der Waals surface area contributed by atoms with Crippen LogP contribution in [0.1, 0.15) is 226 Å². The average Bonchev–Trinajstić information content (AvgIpc) is 3.42. The summed E-state index contributed by atoms with van der Waals surface area (Å²) in [6.45, 7) is 5.65. The van der Waals surface area contributed by atoms with E-state index in [1.165, 1.54) is 70.6 Å². The lowest BCUT2D eigenvalue weighted by Crippen LogP contribution is -2.61. The lowest BCUT2D eigenvalue weighted by molar-refractivity contribution is -0.301. The van der Waals surface area contributed by atoms with Gasteiger partial charge in [-0.1, -0.05) is 207 Å². The molecule has 0 aromatic heterocycles. The first-order valence-corrected chi connectivity index (χ1v) is 29.9. The van der Waals surface area contributed by atoms with Crippen LogP contribution in [0, 0.1) is 0 Å². The topological polar surface area (TPSA) is 175 Å². The smallest absolute Gasteiger partial charge is 0.335 e. The number of hydrogen-bond donors (Lipinski definition) is 3. The van der Waals surface area contributed by atoms with E-state index in [4.69, 9.17) is 23.7 Å². The number of carbonyl (C=O) groups is 4. The van der Waals surface area contributed by atoms with Crippen molar-refractivity contribution in [2.45, 2.75) is 263 Å². The van der Waals surface area contributed by atoms with Gasteiger partial charge in [-0.15, -0.1) is 0 Å². The van der Waals surface area contributed by atoms with Crippen molar-refractivity contribution < 1.29 is 58.2 Å². The van der Waals surface area contributed by atoms with E-state index in [-0.39, 0.29) is 25.9 Å².